The first kappa shape index (κ1) is 23.3. The van der Waals surface area contributed by atoms with Crippen molar-refractivity contribution in [2.45, 2.75) is 19.9 Å². The summed E-state index contributed by atoms with van der Waals surface area (Å²) in [5.41, 5.74) is 4.61. The van der Waals surface area contributed by atoms with E-state index in [1.54, 1.807) is 36.3 Å². The third kappa shape index (κ3) is 5.71. The van der Waals surface area contributed by atoms with E-state index >= 15 is 0 Å². The quantitative estimate of drug-likeness (QED) is 0.339. The molecule has 4 rings (SSSR count). The largest absolute Gasteiger partial charge is 0.497 e. The van der Waals surface area contributed by atoms with E-state index in [-0.39, 0.29) is 18.2 Å². The summed E-state index contributed by atoms with van der Waals surface area (Å²) < 4.78 is 5.14. The second-order valence-electron chi connectivity index (χ2n) is 7.91. The Kier molecular flexibility index (Phi) is 7.40. The van der Waals surface area contributed by atoms with Crippen molar-refractivity contribution in [3.05, 3.63) is 112 Å². The molecule has 3 aromatic carbocycles. The van der Waals surface area contributed by atoms with Gasteiger partial charge >= 0.3 is 0 Å². The molecule has 0 spiro atoms. The van der Waals surface area contributed by atoms with Crippen molar-refractivity contribution in [2.24, 2.45) is 0 Å². The Hall–Kier alpha value is -3.90. The monoisotopic (exact) mass is 470 g/mol. The van der Waals surface area contributed by atoms with Crippen molar-refractivity contribution in [1.82, 2.24) is 0 Å². The molecule has 0 fully saturated rings. The number of rotatable bonds is 8. The van der Waals surface area contributed by atoms with Gasteiger partial charge in [0, 0.05) is 11.4 Å². The lowest BCUT2D eigenvalue weighted by atomic mass is 10.1. The standard InChI is InChI=1S/C28H26N2O3S/c1-20-6-3-4-7-22(20)19-30(28(32)26-8-5-17-34-26)24-13-9-21(10-14-24)18-27(31)29-23-11-15-25(33-2)16-12-23/h3-17H,18-19H2,1-2H3,(H,29,31). The van der Waals surface area contributed by atoms with Crippen LogP contribution >= 0.6 is 11.3 Å². The van der Waals surface area contributed by atoms with E-state index in [1.165, 1.54) is 11.3 Å². The van der Waals surface area contributed by atoms with Crippen LogP contribution in [0.25, 0.3) is 0 Å². The maximum atomic E-state index is 13.3. The molecule has 0 radical (unpaired) electrons. The van der Waals surface area contributed by atoms with Crippen LogP contribution in [0.5, 0.6) is 5.75 Å². The number of hydrogen-bond donors (Lipinski definition) is 1. The molecule has 34 heavy (non-hydrogen) atoms. The Morgan fingerprint density at radius 3 is 2.29 bits per heavy atom. The van der Waals surface area contributed by atoms with Gasteiger partial charge in [0.05, 0.1) is 25.0 Å². The van der Waals surface area contributed by atoms with E-state index in [0.29, 0.717) is 17.1 Å². The van der Waals surface area contributed by atoms with E-state index in [0.717, 1.165) is 28.1 Å². The van der Waals surface area contributed by atoms with Gasteiger partial charge in [0.1, 0.15) is 5.75 Å². The zero-order valence-corrected chi connectivity index (χ0v) is 20.0. The predicted octanol–water partition coefficient (Wildman–Crippen LogP) is 6.09. The Labute approximate surface area is 203 Å². The minimum atomic E-state index is -0.107. The van der Waals surface area contributed by atoms with Crippen LogP contribution in [0, 0.1) is 6.92 Å². The first-order chi connectivity index (χ1) is 16.5. The molecular formula is C28H26N2O3S. The van der Waals surface area contributed by atoms with Crippen molar-refractivity contribution in [3.8, 4) is 5.75 Å². The number of nitrogens with one attached hydrogen (secondary N) is 1. The molecule has 0 atom stereocenters. The number of anilines is 2. The van der Waals surface area contributed by atoms with Gasteiger partial charge < -0.3 is 15.0 Å². The molecule has 1 aromatic heterocycles. The number of nitrogens with zero attached hydrogens (tertiary/aromatic N) is 1. The second kappa shape index (κ2) is 10.8. The van der Waals surface area contributed by atoms with Gasteiger partial charge in [-0.2, -0.15) is 0 Å². The maximum absolute atomic E-state index is 13.3. The molecule has 0 bridgehead atoms. The highest BCUT2D eigenvalue weighted by Crippen LogP contribution is 2.24. The fourth-order valence-electron chi connectivity index (χ4n) is 3.63. The molecular weight excluding hydrogens is 444 g/mol. The van der Waals surface area contributed by atoms with Crippen LogP contribution in [0.1, 0.15) is 26.4 Å². The van der Waals surface area contributed by atoms with Crippen LogP contribution in [0.15, 0.2) is 90.3 Å². The Balaban J connectivity index is 1.49. The SMILES string of the molecule is COc1ccc(NC(=O)Cc2ccc(N(Cc3ccccc3C)C(=O)c3cccs3)cc2)cc1. The number of thiophene rings is 1. The lowest BCUT2D eigenvalue weighted by molar-refractivity contribution is -0.115. The second-order valence-corrected chi connectivity index (χ2v) is 8.86. The average molecular weight is 471 g/mol. The Bertz CT molecular complexity index is 1250. The normalized spacial score (nSPS) is 10.5. The summed E-state index contributed by atoms with van der Waals surface area (Å²) >= 11 is 1.43. The van der Waals surface area contributed by atoms with Crippen molar-refractivity contribution in [2.75, 3.05) is 17.3 Å². The van der Waals surface area contributed by atoms with Gasteiger partial charge in [-0.15, -0.1) is 11.3 Å². The number of carbonyl (C=O) groups excluding carboxylic acids is 2. The van der Waals surface area contributed by atoms with Gasteiger partial charge in [-0.05, 0) is 71.5 Å². The van der Waals surface area contributed by atoms with Crippen molar-refractivity contribution < 1.29 is 14.3 Å². The minimum Gasteiger partial charge on any atom is -0.497 e. The number of hydrogen-bond acceptors (Lipinski definition) is 4. The van der Waals surface area contributed by atoms with Crippen LogP contribution in [0.3, 0.4) is 0 Å². The predicted molar refractivity (Wildman–Crippen MR) is 138 cm³/mol. The summed E-state index contributed by atoms with van der Waals surface area (Å²) in [6, 6.07) is 26.6. The molecule has 4 aromatic rings. The summed E-state index contributed by atoms with van der Waals surface area (Å²) in [5.74, 6) is 0.591. The van der Waals surface area contributed by atoms with E-state index < -0.39 is 0 Å². The molecule has 0 aliphatic heterocycles. The van der Waals surface area contributed by atoms with E-state index in [9.17, 15) is 9.59 Å². The minimum absolute atomic E-state index is 0.0387. The third-order valence-corrected chi connectivity index (χ3v) is 6.41. The van der Waals surface area contributed by atoms with Gasteiger partial charge in [0.25, 0.3) is 5.91 Å². The van der Waals surface area contributed by atoms with Gasteiger partial charge in [-0.3, -0.25) is 9.59 Å². The summed E-state index contributed by atoms with van der Waals surface area (Å²) in [6.45, 7) is 2.52. The van der Waals surface area contributed by atoms with Gasteiger partial charge in [0.2, 0.25) is 5.91 Å². The molecule has 0 saturated carbocycles. The molecule has 0 aliphatic carbocycles. The first-order valence-electron chi connectivity index (χ1n) is 11.0. The topological polar surface area (TPSA) is 58.6 Å². The maximum Gasteiger partial charge on any atom is 0.268 e. The Morgan fingerprint density at radius 2 is 1.65 bits per heavy atom. The van der Waals surface area contributed by atoms with Crippen LogP contribution in [0.4, 0.5) is 11.4 Å². The van der Waals surface area contributed by atoms with Crippen LogP contribution in [-0.2, 0) is 17.8 Å². The smallest absolute Gasteiger partial charge is 0.268 e. The third-order valence-electron chi connectivity index (χ3n) is 5.55. The summed E-state index contributed by atoms with van der Waals surface area (Å²) in [7, 11) is 1.60. The molecule has 0 aliphatic rings. The summed E-state index contributed by atoms with van der Waals surface area (Å²) in [5, 5.41) is 4.80. The number of carbonyl (C=O) groups is 2. The number of methoxy groups -OCH3 is 1. The van der Waals surface area contributed by atoms with E-state index in [4.69, 9.17) is 4.74 Å². The van der Waals surface area contributed by atoms with Crippen LogP contribution in [-0.4, -0.2) is 18.9 Å². The molecule has 0 saturated heterocycles. The lowest BCUT2D eigenvalue weighted by Gasteiger charge is -2.23. The summed E-state index contributed by atoms with van der Waals surface area (Å²) in [4.78, 5) is 28.3. The van der Waals surface area contributed by atoms with Gasteiger partial charge in [-0.25, -0.2) is 0 Å². The fraction of sp³-hybridized carbons (Fsp3) is 0.143. The highest BCUT2D eigenvalue weighted by molar-refractivity contribution is 7.12. The molecule has 1 heterocycles. The average Bonchev–Trinajstić information content (AvgIpc) is 3.39. The van der Waals surface area contributed by atoms with Crippen LogP contribution in [0.2, 0.25) is 0 Å². The van der Waals surface area contributed by atoms with E-state index in [1.807, 2.05) is 73.0 Å². The first-order valence-corrected chi connectivity index (χ1v) is 11.8. The molecule has 5 nitrogen and oxygen atoms in total. The lowest BCUT2D eigenvalue weighted by Crippen LogP contribution is -2.30. The molecule has 2 amide bonds. The van der Waals surface area contributed by atoms with Crippen molar-refractivity contribution in [3.63, 3.8) is 0 Å². The molecule has 6 heteroatoms. The highest BCUT2D eigenvalue weighted by atomic mass is 32.1. The van der Waals surface area contributed by atoms with Crippen molar-refractivity contribution >= 4 is 34.5 Å². The number of amides is 2. The molecule has 172 valence electrons. The molecule has 0 unspecified atom stereocenters. The molecule has 1 N–H and O–H groups in total. The fourth-order valence-corrected chi connectivity index (χ4v) is 4.30. The van der Waals surface area contributed by atoms with Gasteiger partial charge in [-0.1, -0.05) is 42.5 Å². The number of aryl methyl sites for hydroxylation is 1. The van der Waals surface area contributed by atoms with E-state index in [2.05, 4.69) is 5.32 Å². The van der Waals surface area contributed by atoms with Crippen molar-refractivity contribution in [1.29, 1.82) is 0 Å². The zero-order valence-electron chi connectivity index (χ0n) is 19.2. The Morgan fingerprint density at radius 1 is 0.912 bits per heavy atom. The number of ether oxygens (including phenoxy) is 1. The number of benzene rings is 3. The zero-order chi connectivity index (χ0) is 23.9. The summed E-state index contributed by atoms with van der Waals surface area (Å²) in [6.07, 6.45) is 0.239. The van der Waals surface area contributed by atoms with Gasteiger partial charge in [0.15, 0.2) is 0 Å². The highest BCUT2D eigenvalue weighted by Gasteiger charge is 2.20. The van der Waals surface area contributed by atoms with Crippen LogP contribution < -0.4 is 15.0 Å².